The van der Waals surface area contributed by atoms with Crippen molar-refractivity contribution < 1.29 is 23.1 Å². The lowest BCUT2D eigenvalue weighted by Crippen LogP contribution is -2.28. The SMILES string of the molecule is CC(O)CCNC(=O)Cc1cccc(C(F)(F)F)c1. The van der Waals surface area contributed by atoms with Crippen LogP contribution in [0.1, 0.15) is 24.5 Å². The molecule has 1 rings (SSSR count). The Morgan fingerprint density at radius 1 is 1.42 bits per heavy atom. The summed E-state index contributed by atoms with van der Waals surface area (Å²) in [5.41, 5.74) is -0.453. The number of hydrogen-bond acceptors (Lipinski definition) is 2. The maximum absolute atomic E-state index is 12.5. The molecule has 0 fully saturated rings. The third-order valence-corrected chi connectivity index (χ3v) is 2.50. The highest BCUT2D eigenvalue weighted by atomic mass is 19.4. The number of rotatable bonds is 5. The summed E-state index contributed by atoms with van der Waals surface area (Å²) in [6.45, 7) is 1.90. The predicted octanol–water partition coefficient (Wildman–Crippen LogP) is 2.13. The Kier molecular flexibility index (Phi) is 5.35. The smallest absolute Gasteiger partial charge is 0.393 e. The van der Waals surface area contributed by atoms with E-state index in [1.165, 1.54) is 12.1 Å². The molecular weight excluding hydrogens is 259 g/mol. The van der Waals surface area contributed by atoms with Gasteiger partial charge in [0.1, 0.15) is 0 Å². The highest BCUT2D eigenvalue weighted by molar-refractivity contribution is 5.78. The van der Waals surface area contributed by atoms with E-state index in [-0.39, 0.29) is 12.3 Å². The minimum atomic E-state index is -4.40. The topological polar surface area (TPSA) is 49.3 Å². The first-order valence-corrected chi connectivity index (χ1v) is 5.90. The fourth-order valence-corrected chi connectivity index (χ4v) is 1.53. The predicted molar refractivity (Wildman–Crippen MR) is 64.5 cm³/mol. The standard InChI is InChI=1S/C13H16F3NO2/c1-9(18)5-6-17-12(19)8-10-3-2-4-11(7-10)13(14,15)16/h2-4,7,9,18H,5-6,8H2,1H3,(H,17,19). The Bertz CT molecular complexity index is 430. The molecule has 0 aliphatic carbocycles. The number of aliphatic hydroxyl groups excluding tert-OH is 1. The summed E-state index contributed by atoms with van der Waals surface area (Å²) < 4.78 is 37.4. The van der Waals surface area contributed by atoms with E-state index in [1.807, 2.05) is 0 Å². The molecule has 2 N–H and O–H groups in total. The maximum Gasteiger partial charge on any atom is 0.416 e. The van der Waals surface area contributed by atoms with Crippen LogP contribution in [0.3, 0.4) is 0 Å². The van der Waals surface area contributed by atoms with Gasteiger partial charge in [-0.2, -0.15) is 13.2 Å². The zero-order chi connectivity index (χ0) is 14.5. The van der Waals surface area contributed by atoms with E-state index in [1.54, 1.807) is 6.92 Å². The summed E-state index contributed by atoms with van der Waals surface area (Å²) >= 11 is 0. The van der Waals surface area contributed by atoms with E-state index in [0.29, 0.717) is 18.5 Å². The van der Waals surface area contributed by atoms with Crippen molar-refractivity contribution >= 4 is 5.91 Å². The zero-order valence-corrected chi connectivity index (χ0v) is 10.5. The number of nitrogens with one attached hydrogen (secondary N) is 1. The minimum Gasteiger partial charge on any atom is -0.393 e. The Balaban J connectivity index is 2.55. The lowest BCUT2D eigenvalue weighted by Gasteiger charge is -2.09. The molecule has 19 heavy (non-hydrogen) atoms. The summed E-state index contributed by atoms with van der Waals surface area (Å²) in [6.07, 6.45) is -4.62. The molecule has 106 valence electrons. The van der Waals surface area contributed by atoms with E-state index < -0.39 is 17.8 Å². The van der Waals surface area contributed by atoms with Crippen molar-refractivity contribution in [2.45, 2.75) is 32.0 Å². The molecule has 0 aliphatic heterocycles. The summed E-state index contributed by atoms with van der Waals surface area (Å²) in [5.74, 6) is -0.361. The molecule has 6 heteroatoms. The molecule has 0 bridgehead atoms. The van der Waals surface area contributed by atoms with Crippen LogP contribution in [0.2, 0.25) is 0 Å². The highest BCUT2D eigenvalue weighted by Crippen LogP contribution is 2.29. The second kappa shape index (κ2) is 6.56. The molecule has 0 saturated carbocycles. The van der Waals surface area contributed by atoms with Gasteiger partial charge >= 0.3 is 6.18 Å². The van der Waals surface area contributed by atoms with E-state index in [9.17, 15) is 18.0 Å². The monoisotopic (exact) mass is 275 g/mol. The lowest BCUT2D eigenvalue weighted by atomic mass is 10.1. The fourth-order valence-electron chi connectivity index (χ4n) is 1.53. The summed E-state index contributed by atoms with van der Waals surface area (Å²) in [4.78, 5) is 11.5. The molecule has 0 saturated heterocycles. The molecule has 1 atom stereocenters. The highest BCUT2D eigenvalue weighted by Gasteiger charge is 2.30. The Hall–Kier alpha value is -1.56. The molecule has 3 nitrogen and oxygen atoms in total. The number of alkyl halides is 3. The van der Waals surface area contributed by atoms with Crippen LogP contribution < -0.4 is 5.32 Å². The van der Waals surface area contributed by atoms with Crippen molar-refractivity contribution in [3.8, 4) is 0 Å². The van der Waals surface area contributed by atoms with Gasteiger partial charge in [0.05, 0.1) is 18.1 Å². The summed E-state index contributed by atoms with van der Waals surface area (Å²) in [5, 5.41) is 11.5. The number of benzene rings is 1. The minimum absolute atomic E-state index is 0.107. The second-order valence-corrected chi connectivity index (χ2v) is 4.36. The van der Waals surface area contributed by atoms with Crippen LogP contribution in [-0.2, 0) is 17.4 Å². The van der Waals surface area contributed by atoms with Crippen molar-refractivity contribution in [2.75, 3.05) is 6.54 Å². The van der Waals surface area contributed by atoms with Gasteiger partial charge in [0.2, 0.25) is 5.91 Å². The van der Waals surface area contributed by atoms with Crippen LogP contribution in [0.25, 0.3) is 0 Å². The van der Waals surface area contributed by atoms with E-state index >= 15 is 0 Å². The first-order valence-electron chi connectivity index (χ1n) is 5.90. The molecule has 1 aromatic rings. The lowest BCUT2D eigenvalue weighted by molar-refractivity contribution is -0.137. The summed E-state index contributed by atoms with van der Waals surface area (Å²) in [6, 6.07) is 4.69. The van der Waals surface area contributed by atoms with Crippen LogP contribution in [-0.4, -0.2) is 23.7 Å². The molecule has 0 radical (unpaired) electrons. The number of halogens is 3. The van der Waals surface area contributed by atoms with Gasteiger partial charge in [0.25, 0.3) is 0 Å². The Labute approximate surface area is 109 Å². The van der Waals surface area contributed by atoms with Crippen molar-refractivity contribution in [1.82, 2.24) is 5.32 Å². The largest absolute Gasteiger partial charge is 0.416 e. The Morgan fingerprint density at radius 3 is 2.68 bits per heavy atom. The first kappa shape index (κ1) is 15.5. The van der Waals surface area contributed by atoms with Gasteiger partial charge in [-0.15, -0.1) is 0 Å². The van der Waals surface area contributed by atoms with E-state index in [4.69, 9.17) is 5.11 Å². The Morgan fingerprint density at radius 2 is 2.11 bits per heavy atom. The number of hydrogen-bond donors (Lipinski definition) is 2. The molecule has 0 aromatic heterocycles. The van der Waals surface area contributed by atoms with Crippen molar-refractivity contribution in [3.63, 3.8) is 0 Å². The van der Waals surface area contributed by atoms with Gasteiger partial charge in [0, 0.05) is 6.54 Å². The number of carbonyl (C=O) groups excluding carboxylic acids is 1. The average molecular weight is 275 g/mol. The van der Waals surface area contributed by atoms with Crippen molar-refractivity contribution in [1.29, 1.82) is 0 Å². The first-order chi connectivity index (χ1) is 8.79. The van der Waals surface area contributed by atoms with E-state index in [0.717, 1.165) is 12.1 Å². The molecule has 0 aliphatic rings. The molecule has 1 unspecified atom stereocenters. The van der Waals surface area contributed by atoms with Crippen LogP contribution in [0, 0.1) is 0 Å². The molecular formula is C13H16F3NO2. The quantitative estimate of drug-likeness (QED) is 0.865. The van der Waals surface area contributed by atoms with Gasteiger partial charge in [-0.1, -0.05) is 18.2 Å². The normalized spacial score (nSPS) is 13.1. The van der Waals surface area contributed by atoms with E-state index in [2.05, 4.69) is 5.32 Å². The van der Waals surface area contributed by atoms with Crippen molar-refractivity contribution in [3.05, 3.63) is 35.4 Å². The average Bonchev–Trinajstić information content (AvgIpc) is 2.27. The maximum atomic E-state index is 12.5. The van der Waals surface area contributed by atoms with Crippen LogP contribution in [0.4, 0.5) is 13.2 Å². The van der Waals surface area contributed by atoms with Gasteiger partial charge in [-0.25, -0.2) is 0 Å². The molecule has 0 heterocycles. The van der Waals surface area contributed by atoms with Crippen LogP contribution in [0.5, 0.6) is 0 Å². The van der Waals surface area contributed by atoms with Gasteiger partial charge in [0.15, 0.2) is 0 Å². The number of aliphatic hydroxyl groups is 1. The third kappa shape index (κ3) is 5.74. The van der Waals surface area contributed by atoms with Crippen LogP contribution in [0.15, 0.2) is 24.3 Å². The van der Waals surface area contributed by atoms with Gasteiger partial charge in [-0.3, -0.25) is 4.79 Å². The molecule has 1 amide bonds. The van der Waals surface area contributed by atoms with Gasteiger partial charge in [-0.05, 0) is 25.0 Å². The van der Waals surface area contributed by atoms with Gasteiger partial charge < -0.3 is 10.4 Å². The third-order valence-electron chi connectivity index (χ3n) is 2.50. The zero-order valence-electron chi connectivity index (χ0n) is 10.5. The van der Waals surface area contributed by atoms with Crippen molar-refractivity contribution in [2.24, 2.45) is 0 Å². The number of carbonyl (C=O) groups is 1. The number of amides is 1. The second-order valence-electron chi connectivity index (χ2n) is 4.36. The fraction of sp³-hybridized carbons (Fsp3) is 0.462. The van der Waals surface area contributed by atoms with Crippen LogP contribution >= 0.6 is 0 Å². The molecule has 0 spiro atoms. The summed E-state index contributed by atoms with van der Waals surface area (Å²) in [7, 11) is 0. The molecule has 1 aromatic carbocycles.